The van der Waals surface area contributed by atoms with E-state index in [0.29, 0.717) is 5.58 Å². The first-order valence-corrected chi connectivity index (χ1v) is 7.27. The highest BCUT2D eigenvalue weighted by Crippen LogP contribution is 2.32. The van der Waals surface area contributed by atoms with Crippen LogP contribution < -0.4 is 0 Å². The highest BCUT2D eigenvalue weighted by molar-refractivity contribution is 5.94. The van der Waals surface area contributed by atoms with Gasteiger partial charge >= 0.3 is 0 Å². The van der Waals surface area contributed by atoms with Crippen LogP contribution >= 0.6 is 0 Å². The summed E-state index contributed by atoms with van der Waals surface area (Å²) in [6.07, 6.45) is 1.65. The van der Waals surface area contributed by atoms with Gasteiger partial charge in [-0.05, 0) is 47.0 Å². The van der Waals surface area contributed by atoms with Crippen LogP contribution in [0.4, 0.5) is 4.39 Å². The molecule has 23 heavy (non-hydrogen) atoms. The number of fused-ring (bicyclic) bond motifs is 1. The molecule has 4 aromatic rings. The van der Waals surface area contributed by atoms with Gasteiger partial charge in [0.05, 0.1) is 6.26 Å². The maximum Gasteiger partial charge on any atom is 0.134 e. The fourth-order valence-electron chi connectivity index (χ4n) is 2.72. The van der Waals surface area contributed by atoms with Crippen molar-refractivity contribution in [1.82, 2.24) is 0 Å². The smallest absolute Gasteiger partial charge is 0.134 e. The highest BCUT2D eigenvalue weighted by Gasteiger charge is 2.09. The molecule has 0 atom stereocenters. The van der Waals surface area contributed by atoms with Crippen molar-refractivity contribution in [2.45, 2.75) is 0 Å². The summed E-state index contributed by atoms with van der Waals surface area (Å²) >= 11 is 0. The van der Waals surface area contributed by atoms with E-state index in [1.807, 2.05) is 36.4 Å². The molecule has 3 aromatic carbocycles. The molecule has 0 spiro atoms. The number of phenolic OH excluding ortho intramolecular Hbond substituents is 1. The summed E-state index contributed by atoms with van der Waals surface area (Å²) in [5.74, 6) is -0.0295. The molecular formula is C20H13FO2. The Bertz CT molecular complexity index is 967. The maximum atomic E-state index is 13.5. The minimum absolute atomic E-state index is 0.247. The summed E-state index contributed by atoms with van der Waals surface area (Å²) in [5.41, 5.74) is 4.59. The Morgan fingerprint density at radius 1 is 0.739 bits per heavy atom. The minimum atomic E-state index is -0.277. The molecule has 2 nitrogen and oxygen atoms in total. The molecule has 0 aliphatic heterocycles. The monoisotopic (exact) mass is 304 g/mol. The van der Waals surface area contributed by atoms with Crippen LogP contribution in [-0.4, -0.2) is 5.11 Å². The molecule has 0 radical (unpaired) electrons. The molecule has 0 saturated carbocycles. The van der Waals surface area contributed by atoms with Crippen molar-refractivity contribution in [3.05, 3.63) is 78.8 Å². The third kappa shape index (κ3) is 2.46. The molecule has 1 aromatic heterocycles. The van der Waals surface area contributed by atoms with Crippen LogP contribution in [0.3, 0.4) is 0 Å². The molecule has 1 N–H and O–H groups in total. The number of hydrogen-bond donors (Lipinski definition) is 1. The van der Waals surface area contributed by atoms with E-state index in [1.54, 1.807) is 24.5 Å². The lowest BCUT2D eigenvalue weighted by Gasteiger charge is -2.04. The summed E-state index contributed by atoms with van der Waals surface area (Å²) in [7, 11) is 0. The zero-order valence-corrected chi connectivity index (χ0v) is 12.2. The van der Waals surface area contributed by atoms with Gasteiger partial charge in [-0.1, -0.05) is 36.4 Å². The SMILES string of the molecule is Oc1ccc(-c2ccc(-c3coc4ccc(F)cc34)cc2)cc1. The lowest BCUT2D eigenvalue weighted by atomic mass is 10.00. The van der Waals surface area contributed by atoms with Gasteiger partial charge in [0.15, 0.2) is 0 Å². The van der Waals surface area contributed by atoms with E-state index in [0.717, 1.165) is 27.6 Å². The van der Waals surface area contributed by atoms with Crippen LogP contribution in [0.25, 0.3) is 33.2 Å². The first kappa shape index (κ1) is 13.6. The lowest BCUT2D eigenvalue weighted by molar-refractivity contribution is 0.475. The summed E-state index contributed by atoms with van der Waals surface area (Å²) in [5, 5.41) is 10.1. The normalized spacial score (nSPS) is 11.0. The van der Waals surface area contributed by atoms with Gasteiger partial charge in [0.25, 0.3) is 0 Å². The fourth-order valence-corrected chi connectivity index (χ4v) is 2.72. The highest BCUT2D eigenvalue weighted by atomic mass is 19.1. The second-order valence-corrected chi connectivity index (χ2v) is 5.41. The van der Waals surface area contributed by atoms with E-state index < -0.39 is 0 Å². The number of phenols is 1. The summed E-state index contributed by atoms with van der Waals surface area (Å²) in [4.78, 5) is 0. The van der Waals surface area contributed by atoms with Crippen LogP contribution in [0.5, 0.6) is 5.75 Å². The van der Waals surface area contributed by atoms with E-state index >= 15 is 0 Å². The van der Waals surface area contributed by atoms with E-state index in [4.69, 9.17) is 4.42 Å². The second-order valence-electron chi connectivity index (χ2n) is 5.41. The van der Waals surface area contributed by atoms with Gasteiger partial charge < -0.3 is 9.52 Å². The van der Waals surface area contributed by atoms with Crippen LogP contribution in [0.15, 0.2) is 77.4 Å². The van der Waals surface area contributed by atoms with Gasteiger partial charge in [-0.15, -0.1) is 0 Å². The van der Waals surface area contributed by atoms with Crippen LogP contribution in [0, 0.1) is 5.82 Å². The molecule has 0 fully saturated rings. The number of rotatable bonds is 2. The van der Waals surface area contributed by atoms with Crippen molar-refractivity contribution in [1.29, 1.82) is 0 Å². The fraction of sp³-hybridized carbons (Fsp3) is 0. The largest absolute Gasteiger partial charge is 0.508 e. The molecule has 0 aliphatic rings. The average molecular weight is 304 g/mol. The Morgan fingerprint density at radius 2 is 1.35 bits per heavy atom. The van der Waals surface area contributed by atoms with Gasteiger partial charge in [-0.3, -0.25) is 0 Å². The Kier molecular flexibility index (Phi) is 3.12. The molecule has 0 saturated heterocycles. The average Bonchev–Trinajstić information content (AvgIpc) is 2.99. The Labute approximate surface area is 132 Å². The first-order chi connectivity index (χ1) is 11.2. The van der Waals surface area contributed by atoms with Gasteiger partial charge in [0, 0.05) is 10.9 Å². The molecule has 0 bridgehead atoms. The Morgan fingerprint density at radius 3 is 2.04 bits per heavy atom. The predicted molar refractivity (Wildman–Crippen MR) is 88.7 cm³/mol. The van der Waals surface area contributed by atoms with Crippen LogP contribution in [0.2, 0.25) is 0 Å². The zero-order valence-electron chi connectivity index (χ0n) is 12.2. The number of benzene rings is 3. The van der Waals surface area contributed by atoms with E-state index in [9.17, 15) is 9.50 Å². The molecule has 0 aliphatic carbocycles. The molecule has 4 rings (SSSR count). The lowest BCUT2D eigenvalue weighted by Crippen LogP contribution is -1.80. The van der Waals surface area contributed by atoms with Gasteiger partial charge in [-0.2, -0.15) is 0 Å². The van der Waals surface area contributed by atoms with Crippen molar-refractivity contribution in [3.8, 4) is 28.0 Å². The molecule has 3 heteroatoms. The maximum absolute atomic E-state index is 13.5. The van der Waals surface area contributed by atoms with E-state index in [2.05, 4.69) is 0 Å². The van der Waals surface area contributed by atoms with E-state index in [1.165, 1.54) is 12.1 Å². The number of furan rings is 1. The second kappa shape index (κ2) is 5.29. The standard InChI is InChI=1S/C20H13FO2/c21-16-7-10-20-18(11-16)19(12-23-20)15-3-1-13(2-4-15)14-5-8-17(22)9-6-14/h1-12,22H. The summed E-state index contributed by atoms with van der Waals surface area (Å²) < 4.78 is 19.0. The minimum Gasteiger partial charge on any atom is -0.508 e. The van der Waals surface area contributed by atoms with Crippen LogP contribution in [0.1, 0.15) is 0 Å². The molecule has 1 heterocycles. The van der Waals surface area contributed by atoms with Gasteiger partial charge in [0.2, 0.25) is 0 Å². The van der Waals surface area contributed by atoms with Gasteiger partial charge in [0.1, 0.15) is 17.1 Å². The first-order valence-electron chi connectivity index (χ1n) is 7.27. The summed E-state index contributed by atoms with van der Waals surface area (Å²) in [6.45, 7) is 0. The zero-order chi connectivity index (χ0) is 15.8. The predicted octanol–water partition coefficient (Wildman–Crippen LogP) is 5.61. The quantitative estimate of drug-likeness (QED) is 0.522. The third-order valence-electron chi connectivity index (χ3n) is 3.93. The van der Waals surface area contributed by atoms with Crippen molar-refractivity contribution in [2.24, 2.45) is 0 Å². The van der Waals surface area contributed by atoms with Crippen molar-refractivity contribution < 1.29 is 13.9 Å². The Hall–Kier alpha value is -3.07. The topological polar surface area (TPSA) is 33.4 Å². The van der Waals surface area contributed by atoms with Crippen LogP contribution in [-0.2, 0) is 0 Å². The summed E-state index contributed by atoms with van der Waals surface area (Å²) in [6, 6.07) is 19.5. The molecular weight excluding hydrogens is 291 g/mol. The number of halogens is 1. The van der Waals surface area contributed by atoms with E-state index in [-0.39, 0.29) is 11.6 Å². The Balaban J connectivity index is 1.75. The van der Waals surface area contributed by atoms with Crippen molar-refractivity contribution in [3.63, 3.8) is 0 Å². The third-order valence-corrected chi connectivity index (χ3v) is 3.93. The number of aromatic hydroxyl groups is 1. The molecule has 0 unspecified atom stereocenters. The number of hydrogen-bond acceptors (Lipinski definition) is 2. The van der Waals surface area contributed by atoms with Gasteiger partial charge in [-0.25, -0.2) is 4.39 Å². The van der Waals surface area contributed by atoms with Crippen molar-refractivity contribution >= 4 is 11.0 Å². The van der Waals surface area contributed by atoms with Crippen molar-refractivity contribution in [2.75, 3.05) is 0 Å². The molecule has 112 valence electrons. The molecule has 0 amide bonds.